The molecular weight excluding hydrogens is 243 g/mol. The van der Waals surface area contributed by atoms with Crippen molar-refractivity contribution in [2.75, 3.05) is 6.61 Å². The third kappa shape index (κ3) is 3.19. The Balaban J connectivity index is 2.35. The molecule has 0 heterocycles. The van der Waals surface area contributed by atoms with Crippen molar-refractivity contribution in [3.05, 3.63) is 65.0 Å². The highest BCUT2D eigenvalue weighted by atomic mass is 19.1. The van der Waals surface area contributed by atoms with Crippen molar-refractivity contribution >= 4 is 5.78 Å². The molecule has 0 unspecified atom stereocenters. The minimum Gasteiger partial charge on any atom is -0.494 e. The van der Waals surface area contributed by atoms with Gasteiger partial charge in [-0.3, -0.25) is 4.79 Å². The number of benzene rings is 2. The van der Waals surface area contributed by atoms with E-state index in [1.54, 1.807) is 37.3 Å². The molecule has 2 nitrogen and oxygen atoms in total. The Labute approximate surface area is 111 Å². The summed E-state index contributed by atoms with van der Waals surface area (Å²) in [4.78, 5) is 12.3. The fourth-order valence-electron chi connectivity index (χ4n) is 1.93. The second kappa shape index (κ2) is 5.65. The fraction of sp³-hybridized carbons (Fsp3) is 0.188. The first kappa shape index (κ1) is 13.3. The van der Waals surface area contributed by atoms with E-state index in [0.717, 1.165) is 5.56 Å². The van der Waals surface area contributed by atoms with E-state index in [-0.39, 0.29) is 5.78 Å². The van der Waals surface area contributed by atoms with Crippen molar-refractivity contribution in [1.82, 2.24) is 0 Å². The molecule has 0 amide bonds. The van der Waals surface area contributed by atoms with Crippen LogP contribution in [-0.4, -0.2) is 12.4 Å². The van der Waals surface area contributed by atoms with Crippen molar-refractivity contribution < 1.29 is 13.9 Å². The minimum atomic E-state index is -0.399. The molecule has 0 saturated carbocycles. The lowest BCUT2D eigenvalue weighted by Gasteiger charge is -2.06. The van der Waals surface area contributed by atoms with Gasteiger partial charge in [0.15, 0.2) is 5.78 Å². The van der Waals surface area contributed by atoms with Crippen LogP contribution >= 0.6 is 0 Å². The summed E-state index contributed by atoms with van der Waals surface area (Å²) < 4.78 is 18.7. The minimum absolute atomic E-state index is 0.204. The first-order chi connectivity index (χ1) is 9.10. The molecule has 0 radical (unpaired) electrons. The van der Waals surface area contributed by atoms with Crippen LogP contribution in [0.1, 0.15) is 28.4 Å². The largest absolute Gasteiger partial charge is 0.494 e. The van der Waals surface area contributed by atoms with E-state index in [4.69, 9.17) is 4.74 Å². The van der Waals surface area contributed by atoms with Crippen LogP contribution in [0.5, 0.6) is 5.75 Å². The lowest BCUT2D eigenvalue weighted by atomic mass is 10.0. The zero-order chi connectivity index (χ0) is 13.8. The Morgan fingerprint density at radius 1 is 1.16 bits per heavy atom. The number of hydrogen-bond donors (Lipinski definition) is 0. The Morgan fingerprint density at radius 2 is 1.95 bits per heavy atom. The van der Waals surface area contributed by atoms with Crippen molar-refractivity contribution in [3.8, 4) is 5.75 Å². The fourth-order valence-corrected chi connectivity index (χ4v) is 1.93. The molecule has 0 spiro atoms. The van der Waals surface area contributed by atoms with Crippen LogP contribution in [0.4, 0.5) is 4.39 Å². The van der Waals surface area contributed by atoms with E-state index in [2.05, 4.69) is 0 Å². The summed E-state index contributed by atoms with van der Waals surface area (Å²) in [6, 6.07) is 11.2. The normalized spacial score (nSPS) is 10.3. The van der Waals surface area contributed by atoms with Crippen LogP contribution in [0.2, 0.25) is 0 Å². The Morgan fingerprint density at radius 3 is 2.63 bits per heavy atom. The number of ether oxygens (including phenoxy) is 1. The summed E-state index contributed by atoms with van der Waals surface area (Å²) in [6.07, 6.45) is 0. The van der Waals surface area contributed by atoms with E-state index in [1.807, 2.05) is 6.92 Å². The second-order valence-corrected chi connectivity index (χ2v) is 4.31. The van der Waals surface area contributed by atoms with E-state index in [1.165, 1.54) is 12.1 Å². The number of halogens is 1. The highest BCUT2D eigenvalue weighted by Gasteiger charge is 2.11. The first-order valence-corrected chi connectivity index (χ1v) is 6.15. The molecule has 0 aromatic heterocycles. The lowest BCUT2D eigenvalue weighted by molar-refractivity contribution is 0.103. The second-order valence-electron chi connectivity index (χ2n) is 4.31. The van der Waals surface area contributed by atoms with Crippen molar-refractivity contribution in [1.29, 1.82) is 0 Å². The topological polar surface area (TPSA) is 26.3 Å². The standard InChI is InChI=1S/C16H15FO2/c1-3-19-15-6-4-5-12(10-15)16(18)13-7-11(2)8-14(17)9-13/h4-10H,3H2,1-2H3. The Kier molecular flexibility index (Phi) is 3.95. The average molecular weight is 258 g/mol. The Hall–Kier alpha value is -2.16. The number of ketones is 1. The first-order valence-electron chi connectivity index (χ1n) is 6.15. The predicted octanol–water partition coefficient (Wildman–Crippen LogP) is 3.76. The van der Waals surface area contributed by atoms with Crippen LogP contribution in [-0.2, 0) is 0 Å². The zero-order valence-corrected chi connectivity index (χ0v) is 10.9. The number of carbonyl (C=O) groups is 1. The number of rotatable bonds is 4. The summed E-state index contributed by atoms with van der Waals surface area (Å²) in [5, 5.41) is 0. The Bertz CT molecular complexity index is 585. The molecule has 0 atom stereocenters. The van der Waals surface area contributed by atoms with E-state index >= 15 is 0 Å². The smallest absolute Gasteiger partial charge is 0.193 e. The van der Waals surface area contributed by atoms with Crippen LogP contribution in [0.15, 0.2) is 42.5 Å². The molecule has 0 fully saturated rings. The molecule has 0 bridgehead atoms. The van der Waals surface area contributed by atoms with Gasteiger partial charge in [0.1, 0.15) is 11.6 Å². The highest BCUT2D eigenvalue weighted by molar-refractivity contribution is 6.09. The van der Waals surface area contributed by atoms with Crippen molar-refractivity contribution in [3.63, 3.8) is 0 Å². The van der Waals surface area contributed by atoms with Gasteiger partial charge in [-0.05, 0) is 49.7 Å². The van der Waals surface area contributed by atoms with Gasteiger partial charge in [0.05, 0.1) is 6.61 Å². The van der Waals surface area contributed by atoms with E-state index < -0.39 is 5.82 Å². The van der Waals surface area contributed by atoms with Gasteiger partial charge in [0, 0.05) is 11.1 Å². The van der Waals surface area contributed by atoms with Gasteiger partial charge >= 0.3 is 0 Å². The summed E-state index contributed by atoms with van der Waals surface area (Å²) in [6.45, 7) is 4.18. The quantitative estimate of drug-likeness (QED) is 0.780. The summed E-state index contributed by atoms with van der Waals surface area (Å²) >= 11 is 0. The SMILES string of the molecule is CCOc1cccc(C(=O)c2cc(C)cc(F)c2)c1. The third-order valence-corrected chi connectivity index (χ3v) is 2.71. The number of hydrogen-bond acceptors (Lipinski definition) is 2. The van der Waals surface area contributed by atoms with Crippen LogP contribution in [0, 0.1) is 12.7 Å². The van der Waals surface area contributed by atoms with Gasteiger partial charge in [-0.25, -0.2) is 4.39 Å². The molecule has 98 valence electrons. The van der Waals surface area contributed by atoms with Gasteiger partial charge in [-0.2, -0.15) is 0 Å². The zero-order valence-electron chi connectivity index (χ0n) is 10.9. The molecule has 0 aliphatic heterocycles. The molecule has 2 aromatic rings. The summed E-state index contributed by atoms with van der Waals surface area (Å²) in [5.74, 6) is 0.0370. The van der Waals surface area contributed by atoms with Gasteiger partial charge in [0.25, 0.3) is 0 Å². The van der Waals surface area contributed by atoms with Gasteiger partial charge in [-0.1, -0.05) is 12.1 Å². The molecule has 0 aliphatic carbocycles. The molecule has 0 aliphatic rings. The van der Waals surface area contributed by atoms with Crippen LogP contribution in [0.25, 0.3) is 0 Å². The van der Waals surface area contributed by atoms with E-state index in [9.17, 15) is 9.18 Å². The third-order valence-electron chi connectivity index (χ3n) is 2.71. The van der Waals surface area contributed by atoms with Crippen molar-refractivity contribution in [2.24, 2.45) is 0 Å². The lowest BCUT2D eigenvalue weighted by Crippen LogP contribution is -2.03. The van der Waals surface area contributed by atoms with Gasteiger partial charge < -0.3 is 4.74 Å². The molecule has 0 N–H and O–H groups in total. The summed E-state index contributed by atoms with van der Waals surface area (Å²) in [7, 11) is 0. The maximum absolute atomic E-state index is 13.3. The van der Waals surface area contributed by atoms with Gasteiger partial charge in [-0.15, -0.1) is 0 Å². The number of carbonyl (C=O) groups excluding carboxylic acids is 1. The summed E-state index contributed by atoms with van der Waals surface area (Å²) in [5.41, 5.74) is 1.58. The maximum atomic E-state index is 13.3. The van der Waals surface area contributed by atoms with Gasteiger partial charge in [0.2, 0.25) is 0 Å². The monoisotopic (exact) mass is 258 g/mol. The molecule has 2 rings (SSSR count). The molecular formula is C16H15FO2. The van der Waals surface area contributed by atoms with Crippen LogP contribution in [0.3, 0.4) is 0 Å². The van der Waals surface area contributed by atoms with E-state index in [0.29, 0.717) is 23.5 Å². The molecule has 19 heavy (non-hydrogen) atoms. The highest BCUT2D eigenvalue weighted by Crippen LogP contribution is 2.18. The molecule has 3 heteroatoms. The predicted molar refractivity (Wildman–Crippen MR) is 72.2 cm³/mol. The molecule has 2 aromatic carbocycles. The number of aryl methyl sites for hydroxylation is 1. The van der Waals surface area contributed by atoms with Crippen molar-refractivity contribution in [2.45, 2.75) is 13.8 Å². The molecule has 0 saturated heterocycles. The average Bonchev–Trinajstić information content (AvgIpc) is 2.37. The van der Waals surface area contributed by atoms with Crippen LogP contribution < -0.4 is 4.74 Å². The maximum Gasteiger partial charge on any atom is 0.193 e.